The van der Waals surface area contributed by atoms with Crippen molar-refractivity contribution in [1.29, 1.82) is 0 Å². The molecule has 1 unspecified atom stereocenters. The molecule has 0 bridgehead atoms. The Balaban J connectivity index is 2.22. The van der Waals surface area contributed by atoms with Gasteiger partial charge in [-0.05, 0) is 44.0 Å². The molecule has 1 aromatic carbocycles. The van der Waals surface area contributed by atoms with Crippen LogP contribution in [0.15, 0.2) is 23.6 Å². The molecule has 0 fully saturated rings. The number of aromatic nitrogens is 1. The summed E-state index contributed by atoms with van der Waals surface area (Å²) in [5, 5.41) is 6.90. The predicted molar refractivity (Wildman–Crippen MR) is 89.3 cm³/mol. The Kier molecular flexibility index (Phi) is 5.76. The van der Waals surface area contributed by atoms with Crippen LogP contribution in [0.2, 0.25) is 0 Å². The third-order valence-corrected chi connectivity index (χ3v) is 4.38. The van der Waals surface area contributed by atoms with Gasteiger partial charge in [-0.25, -0.2) is 4.98 Å². The highest BCUT2D eigenvalue weighted by Crippen LogP contribution is 2.26. The molecular formula is C17H24N2OS. The van der Waals surface area contributed by atoms with Gasteiger partial charge < -0.3 is 10.1 Å². The lowest BCUT2D eigenvalue weighted by Gasteiger charge is -2.19. The molecule has 4 heteroatoms. The summed E-state index contributed by atoms with van der Waals surface area (Å²) < 4.78 is 5.45. The Labute approximate surface area is 131 Å². The van der Waals surface area contributed by atoms with Crippen molar-refractivity contribution in [2.24, 2.45) is 0 Å². The first-order chi connectivity index (χ1) is 10.1. The minimum Gasteiger partial charge on any atom is -0.496 e. The summed E-state index contributed by atoms with van der Waals surface area (Å²) in [5.41, 5.74) is 3.59. The molecule has 2 aromatic rings. The van der Waals surface area contributed by atoms with Crippen molar-refractivity contribution in [2.45, 2.75) is 39.7 Å². The number of nitrogens with zero attached hydrogens (tertiary/aromatic N) is 1. The minimum absolute atomic E-state index is 0.279. The second kappa shape index (κ2) is 7.57. The van der Waals surface area contributed by atoms with Crippen LogP contribution in [0.25, 0.3) is 0 Å². The summed E-state index contributed by atoms with van der Waals surface area (Å²) in [6, 6.07) is 6.73. The zero-order valence-electron chi connectivity index (χ0n) is 13.3. The minimum atomic E-state index is 0.279. The molecule has 21 heavy (non-hydrogen) atoms. The Hall–Kier alpha value is -1.39. The lowest BCUT2D eigenvalue weighted by Crippen LogP contribution is -2.24. The van der Waals surface area contributed by atoms with Crippen molar-refractivity contribution in [1.82, 2.24) is 10.3 Å². The molecule has 1 heterocycles. The van der Waals surface area contributed by atoms with Crippen LogP contribution >= 0.6 is 11.3 Å². The van der Waals surface area contributed by atoms with E-state index in [1.54, 1.807) is 18.4 Å². The van der Waals surface area contributed by atoms with Gasteiger partial charge in [0.25, 0.3) is 0 Å². The molecule has 0 aliphatic rings. The third-order valence-electron chi connectivity index (χ3n) is 3.56. The van der Waals surface area contributed by atoms with Gasteiger partial charge in [0.05, 0.1) is 17.8 Å². The maximum Gasteiger partial charge on any atom is 0.122 e. The van der Waals surface area contributed by atoms with Gasteiger partial charge in [-0.1, -0.05) is 19.1 Å². The summed E-state index contributed by atoms with van der Waals surface area (Å²) in [5.74, 6) is 0.949. The van der Waals surface area contributed by atoms with Crippen molar-refractivity contribution in [3.63, 3.8) is 0 Å². The third kappa shape index (κ3) is 4.29. The zero-order chi connectivity index (χ0) is 15.2. The fraction of sp³-hybridized carbons (Fsp3) is 0.471. The lowest BCUT2D eigenvalue weighted by molar-refractivity contribution is 0.409. The van der Waals surface area contributed by atoms with E-state index in [1.165, 1.54) is 11.1 Å². The molecule has 2 rings (SSSR count). The summed E-state index contributed by atoms with van der Waals surface area (Å²) >= 11 is 1.71. The van der Waals surface area contributed by atoms with Crippen LogP contribution < -0.4 is 10.1 Å². The van der Waals surface area contributed by atoms with Gasteiger partial charge in [-0.3, -0.25) is 0 Å². The Morgan fingerprint density at radius 2 is 2.14 bits per heavy atom. The molecule has 3 nitrogen and oxygen atoms in total. The molecule has 0 saturated carbocycles. The zero-order valence-corrected chi connectivity index (χ0v) is 14.1. The Morgan fingerprint density at radius 3 is 2.76 bits per heavy atom. The number of nitrogens with one attached hydrogen (secondary N) is 1. The molecule has 1 atom stereocenters. The normalized spacial score (nSPS) is 12.4. The molecule has 0 radical (unpaired) electrons. The van der Waals surface area contributed by atoms with E-state index in [0.717, 1.165) is 35.8 Å². The number of thiazole rings is 1. The van der Waals surface area contributed by atoms with Crippen LogP contribution in [0.4, 0.5) is 0 Å². The van der Waals surface area contributed by atoms with Crippen molar-refractivity contribution >= 4 is 11.3 Å². The number of benzene rings is 1. The van der Waals surface area contributed by atoms with E-state index in [4.69, 9.17) is 4.74 Å². The quantitative estimate of drug-likeness (QED) is 0.838. The van der Waals surface area contributed by atoms with Crippen LogP contribution in [0.1, 0.15) is 41.2 Å². The largest absolute Gasteiger partial charge is 0.496 e. The van der Waals surface area contributed by atoms with Gasteiger partial charge in [0.2, 0.25) is 0 Å². The van der Waals surface area contributed by atoms with Gasteiger partial charge in [-0.2, -0.15) is 0 Å². The van der Waals surface area contributed by atoms with Crippen molar-refractivity contribution in [3.05, 3.63) is 45.4 Å². The first-order valence-corrected chi connectivity index (χ1v) is 8.31. The van der Waals surface area contributed by atoms with Crippen LogP contribution in [0.5, 0.6) is 5.75 Å². The number of hydrogen-bond donors (Lipinski definition) is 1. The molecule has 1 N–H and O–H groups in total. The molecule has 1 aromatic heterocycles. The van der Waals surface area contributed by atoms with E-state index >= 15 is 0 Å². The molecule has 0 saturated heterocycles. The van der Waals surface area contributed by atoms with E-state index in [-0.39, 0.29) is 6.04 Å². The van der Waals surface area contributed by atoms with Crippen LogP contribution in [-0.2, 0) is 6.42 Å². The Morgan fingerprint density at radius 1 is 1.33 bits per heavy atom. The smallest absolute Gasteiger partial charge is 0.122 e. The molecule has 0 aliphatic heterocycles. The molecular weight excluding hydrogens is 280 g/mol. The molecule has 0 amide bonds. The van der Waals surface area contributed by atoms with Gasteiger partial charge >= 0.3 is 0 Å². The van der Waals surface area contributed by atoms with Gasteiger partial charge in [-0.15, -0.1) is 11.3 Å². The monoisotopic (exact) mass is 304 g/mol. The van der Waals surface area contributed by atoms with Crippen LogP contribution in [0, 0.1) is 13.8 Å². The number of aryl methyl sites for hydroxylation is 2. The maximum atomic E-state index is 5.45. The highest BCUT2D eigenvalue weighted by Gasteiger charge is 2.14. The van der Waals surface area contributed by atoms with Crippen molar-refractivity contribution in [2.75, 3.05) is 13.7 Å². The van der Waals surface area contributed by atoms with Gasteiger partial charge in [0, 0.05) is 17.8 Å². The summed E-state index contributed by atoms with van der Waals surface area (Å²) in [6.07, 6.45) is 2.03. The second-order valence-corrected chi connectivity index (χ2v) is 6.36. The average Bonchev–Trinajstić information content (AvgIpc) is 2.89. The predicted octanol–water partition coefficient (Wildman–Crippen LogP) is 4.05. The van der Waals surface area contributed by atoms with E-state index in [9.17, 15) is 0 Å². The Bertz CT molecular complexity index is 580. The maximum absolute atomic E-state index is 5.45. The SMILES string of the molecule is CCCNC(Cc1csc(C)n1)c1ccc(C)c(OC)c1. The van der Waals surface area contributed by atoms with Crippen LogP contribution in [-0.4, -0.2) is 18.6 Å². The summed E-state index contributed by atoms with van der Waals surface area (Å²) in [6.45, 7) is 7.31. The van der Waals surface area contributed by atoms with E-state index < -0.39 is 0 Å². The first-order valence-electron chi connectivity index (χ1n) is 7.43. The lowest BCUT2D eigenvalue weighted by atomic mass is 10.00. The number of hydrogen-bond acceptors (Lipinski definition) is 4. The number of ether oxygens (including phenoxy) is 1. The van der Waals surface area contributed by atoms with Crippen molar-refractivity contribution in [3.8, 4) is 5.75 Å². The fourth-order valence-corrected chi connectivity index (χ4v) is 3.02. The summed E-state index contributed by atoms with van der Waals surface area (Å²) in [4.78, 5) is 4.59. The molecule has 0 aliphatic carbocycles. The van der Waals surface area contributed by atoms with E-state index in [0.29, 0.717) is 0 Å². The molecule has 114 valence electrons. The topological polar surface area (TPSA) is 34.2 Å². The average molecular weight is 304 g/mol. The van der Waals surface area contributed by atoms with Crippen LogP contribution in [0.3, 0.4) is 0 Å². The molecule has 0 spiro atoms. The fourth-order valence-electron chi connectivity index (χ4n) is 2.39. The van der Waals surface area contributed by atoms with Gasteiger partial charge in [0.15, 0.2) is 0 Å². The van der Waals surface area contributed by atoms with E-state index in [2.05, 4.69) is 54.7 Å². The highest BCUT2D eigenvalue weighted by molar-refractivity contribution is 7.09. The summed E-state index contributed by atoms with van der Waals surface area (Å²) in [7, 11) is 1.73. The van der Waals surface area contributed by atoms with Crippen molar-refractivity contribution < 1.29 is 4.74 Å². The first kappa shape index (κ1) is 16.0. The highest BCUT2D eigenvalue weighted by atomic mass is 32.1. The second-order valence-electron chi connectivity index (χ2n) is 5.30. The standard InChI is InChI=1S/C17H24N2OS/c1-5-8-18-16(10-15-11-21-13(3)19-15)14-7-6-12(2)17(9-14)20-4/h6-7,9,11,16,18H,5,8,10H2,1-4H3. The number of methoxy groups -OCH3 is 1. The number of rotatable bonds is 7. The van der Waals surface area contributed by atoms with Gasteiger partial charge in [0.1, 0.15) is 5.75 Å². The van der Waals surface area contributed by atoms with E-state index in [1.807, 2.05) is 0 Å².